The molecule has 0 radical (unpaired) electrons. The first kappa shape index (κ1) is 15.6. The smallest absolute Gasteiger partial charge is 0.374 e. The van der Waals surface area contributed by atoms with Gasteiger partial charge in [-0.3, -0.25) is 0 Å². The third-order valence-electron chi connectivity index (χ3n) is 3.84. The molecule has 0 spiro atoms. The van der Waals surface area contributed by atoms with Gasteiger partial charge in [0.2, 0.25) is 0 Å². The first-order chi connectivity index (χ1) is 8.03. The topological polar surface area (TPSA) is 20.2 Å². The molecule has 0 aromatic carbocycles. The summed E-state index contributed by atoms with van der Waals surface area (Å²) >= 11 is 0. The van der Waals surface area contributed by atoms with Crippen LogP contribution in [0.25, 0.3) is 0 Å². The Hall–Kier alpha value is -0.460. The molecule has 0 amide bonds. The van der Waals surface area contributed by atoms with E-state index in [1.165, 1.54) is 0 Å². The standard InChI is InChI=1S/C11H16F6O/c1-2-7-4-3-5-8(7)6-9(18,10(12,13)14)11(15,16)17/h7-8,18H,2-6H2,1H3. The quantitative estimate of drug-likeness (QED) is 0.772. The second-order valence-electron chi connectivity index (χ2n) is 4.92. The molecule has 1 N–H and O–H groups in total. The van der Waals surface area contributed by atoms with E-state index in [1.807, 2.05) is 0 Å². The first-order valence-electron chi connectivity index (χ1n) is 5.88. The predicted octanol–water partition coefficient (Wildman–Crippen LogP) is 4.06. The molecule has 18 heavy (non-hydrogen) atoms. The van der Waals surface area contributed by atoms with Crippen LogP contribution in [0.3, 0.4) is 0 Å². The highest BCUT2D eigenvalue weighted by Crippen LogP contribution is 2.50. The van der Waals surface area contributed by atoms with E-state index in [0.29, 0.717) is 25.7 Å². The molecule has 1 aliphatic carbocycles. The second-order valence-corrected chi connectivity index (χ2v) is 4.92. The maximum atomic E-state index is 12.5. The van der Waals surface area contributed by atoms with E-state index in [9.17, 15) is 26.3 Å². The summed E-state index contributed by atoms with van der Waals surface area (Å²) in [6.45, 7) is 1.74. The molecule has 0 heterocycles. The van der Waals surface area contributed by atoms with Gasteiger partial charge in [0.25, 0.3) is 5.60 Å². The van der Waals surface area contributed by atoms with Gasteiger partial charge >= 0.3 is 12.4 Å². The van der Waals surface area contributed by atoms with Crippen LogP contribution in [0.4, 0.5) is 26.3 Å². The van der Waals surface area contributed by atoms with Gasteiger partial charge in [0, 0.05) is 0 Å². The molecule has 1 saturated carbocycles. The van der Waals surface area contributed by atoms with Gasteiger partial charge in [0.15, 0.2) is 0 Å². The molecular weight excluding hydrogens is 262 g/mol. The maximum absolute atomic E-state index is 12.5. The Morgan fingerprint density at radius 2 is 1.39 bits per heavy atom. The predicted molar refractivity (Wildman–Crippen MR) is 52.8 cm³/mol. The third kappa shape index (κ3) is 2.75. The average Bonchev–Trinajstić information content (AvgIpc) is 2.61. The zero-order valence-corrected chi connectivity index (χ0v) is 9.91. The Morgan fingerprint density at radius 3 is 1.78 bits per heavy atom. The molecule has 1 rings (SSSR count). The Bertz CT molecular complexity index is 268. The van der Waals surface area contributed by atoms with Crippen LogP contribution in [0.15, 0.2) is 0 Å². The van der Waals surface area contributed by atoms with Crippen molar-refractivity contribution in [1.29, 1.82) is 0 Å². The molecule has 1 aliphatic rings. The SMILES string of the molecule is CCC1CCCC1CC(O)(C(F)(F)F)C(F)(F)F. The lowest BCUT2D eigenvalue weighted by Gasteiger charge is -2.35. The number of hydrogen-bond acceptors (Lipinski definition) is 1. The largest absolute Gasteiger partial charge is 0.426 e. The van der Waals surface area contributed by atoms with Crippen LogP contribution in [-0.4, -0.2) is 23.1 Å². The minimum atomic E-state index is -5.69. The van der Waals surface area contributed by atoms with Gasteiger partial charge in [-0.15, -0.1) is 0 Å². The summed E-state index contributed by atoms with van der Waals surface area (Å²) in [6, 6.07) is 0. The summed E-state index contributed by atoms with van der Waals surface area (Å²) in [5.41, 5.74) is -4.58. The molecule has 0 bridgehead atoms. The average molecular weight is 278 g/mol. The van der Waals surface area contributed by atoms with Gasteiger partial charge in [0.05, 0.1) is 0 Å². The van der Waals surface area contributed by atoms with E-state index >= 15 is 0 Å². The minimum absolute atomic E-state index is 0.166. The van der Waals surface area contributed by atoms with Crippen molar-refractivity contribution < 1.29 is 31.4 Å². The fourth-order valence-electron chi connectivity index (χ4n) is 2.69. The van der Waals surface area contributed by atoms with Crippen molar-refractivity contribution in [3.05, 3.63) is 0 Å². The molecule has 0 aromatic rings. The zero-order valence-electron chi connectivity index (χ0n) is 9.91. The van der Waals surface area contributed by atoms with Crippen molar-refractivity contribution >= 4 is 0 Å². The molecular formula is C11H16F6O. The van der Waals surface area contributed by atoms with Crippen LogP contribution >= 0.6 is 0 Å². The van der Waals surface area contributed by atoms with Crippen LogP contribution in [0.5, 0.6) is 0 Å². The molecule has 108 valence electrons. The van der Waals surface area contributed by atoms with Crippen LogP contribution in [0.2, 0.25) is 0 Å². The Kier molecular flexibility index (Phi) is 4.25. The van der Waals surface area contributed by atoms with Crippen molar-refractivity contribution in [2.45, 2.75) is 57.0 Å². The van der Waals surface area contributed by atoms with E-state index < -0.39 is 30.3 Å². The molecule has 0 saturated heterocycles. The van der Waals surface area contributed by atoms with E-state index in [-0.39, 0.29) is 5.92 Å². The summed E-state index contributed by atoms with van der Waals surface area (Å²) in [7, 11) is 0. The van der Waals surface area contributed by atoms with Crippen molar-refractivity contribution in [2.24, 2.45) is 11.8 Å². The molecule has 1 nitrogen and oxygen atoms in total. The van der Waals surface area contributed by atoms with E-state index in [0.717, 1.165) is 0 Å². The fraction of sp³-hybridized carbons (Fsp3) is 1.00. The molecule has 2 atom stereocenters. The lowest BCUT2D eigenvalue weighted by Crippen LogP contribution is -2.57. The Morgan fingerprint density at radius 1 is 0.944 bits per heavy atom. The van der Waals surface area contributed by atoms with Gasteiger partial charge in [-0.1, -0.05) is 32.6 Å². The van der Waals surface area contributed by atoms with Gasteiger partial charge in [-0.2, -0.15) is 26.3 Å². The highest BCUT2D eigenvalue weighted by atomic mass is 19.4. The zero-order chi connectivity index (χ0) is 14.2. The van der Waals surface area contributed by atoms with E-state index in [4.69, 9.17) is 5.11 Å². The normalized spacial score (nSPS) is 26.7. The van der Waals surface area contributed by atoms with E-state index in [2.05, 4.69) is 0 Å². The highest BCUT2D eigenvalue weighted by molar-refractivity contribution is 4.97. The Labute approximate surface area is 101 Å². The van der Waals surface area contributed by atoms with Gasteiger partial charge < -0.3 is 5.11 Å². The highest BCUT2D eigenvalue weighted by Gasteiger charge is 2.70. The summed E-state index contributed by atoms with van der Waals surface area (Å²) in [6.07, 6.45) is -10.6. The monoisotopic (exact) mass is 278 g/mol. The van der Waals surface area contributed by atoms with Crippen molar-refractivity contribution in [1.82, 2.24) is 0 Å². The number of alkyl halides is 6. The summed E-state index contributed by atoms with van der Waals surface area (Å²) < 4.78 is 75.1. The van der Waals surface area contributed by atoms with Crippen molar-refractivity contribution in [3.63, 3.8) is 0 Å². The van der Waals surface area contributed by atoms with Crippen LogP contribution in [0.1, 0.15) is 39.0 Å². The fourth-order valence-corrected chi connectivity index (χ4v) is 2.69. The van der Waals surface area contributed by atoms with E-state index in [1.54, 1.807) is 6.92 Å². The Balaban J connectivity index is 2.93. The summed E-state index contributed by atoms with van der Waals surface area (Å²) in [5, 5.41) is 9.11. The third-order valence-corrected chi connectivity index (χ3v) is 3.84. The number of aliphatic hydroxyl groups is 1. The van der Waals surface area contributed by atoms with Crippen LogP contribution in [-0.2, 0) is 0 Å². The molecule has 2 unspecified atom stereocenters. The molecule has 1 fully saturated rings. The molecule has 0 aliphatic heterocycles. The van der Waals surface area contributed by atoms with Crippen molar-refractivity contribution in [2.75, 3.05) is 0 Å². The number of rotatable bonds is 3. The van der Waals surface area contributed by atoms with Crippen LogP contribution < -0.4 is 0 Å². The second kappa shape index (κ2) is 4.90. The number of halogens is 6. The first-order valence-corrected chi connectivity index (χ1v) is 5.88. The lowest BCUT2D eigenvalue weighted by atomic mass is 9.82. The summed E-state index contributed by atoms with van der Waals surface area (Å²) in [4.78, 5) is 0. The summed E-state index contributed by atoms with van der Waals surface area (Å²) in [5.74, 6) is -0.885. The molecule has 7 heteroatoms. The maximum Gasteiger partial charge on any atom is 0.426 e. The number of hydrogen-bond donors (Lipinski definition) is 1. The lowest BCUT2D eigenvalue weighted by molar-refractivity contribution is -0.373. The van der Waals surface area contributed by atoms with Gasteiger partial charge in [-0.05, 0) is 18.3 Å². The van der Waals surface area contributed by atoms with Crippen LogP contribution in [0, 0.1) is 11.8 Å². The van der Waals surface area contributed by atoms with Crippen molar-refractivity contribution in [3.8, 4) is 0 Å². The minimum Gasteiger partial charge on any atom is -0.374 e. The molecule has 0 aromatic heterocycles. The van der Waals surface area contributed by atoms with Gasteiger partial charge in [-0.25, -0.2) is 0 Å². The van der Waals surface area contributed by atoms with Gasteiger partial charge in [0.1, 0.15) is 0 Å².